The maximum absolute atomic E-state index is 13.4. The lowest BCUT2D eigenvalue weighted by Crippen LogP contribution is -2.30. The fourth-order valence-electron chi connectivity index (χ4n) is 2.68. The Bertz CT molecular complexity index is 648. The fraction of sp³-hybridized carbons (Fsp3) is 0.500. The molecule has 1 N–H and O–H groups in total. The lowest BCUT2D eigenvalue weighted by atomic mass is 9.98. The second kappa shape index (κ2) is 6.32. The summed E-state index contributed by atoms with van der Waals surface area (Å²) < 4.78 is 35.9. The molecule has 21 heavy (non-hydrogen) atoms. The average Bonchev–Trinajstić information content (AvgIpc) is 2.80. The molecule has 0 bridgehead atoms. The van der Waals surface area contributed by atoms with E-state index in [1.807, 2.05) is 0 Å². The van der Waals surface area contributed by atoms with E-state index in [9.17, 15) is 17.6 Å². The maximum atomic E-state index is 13.4. The third-order valence-corrected chi connectivity index (χ3v) is 5.36. The minimum absolute atomic E-state index is 0.0845. The molecule has 2 rings (SSSR count). The van der Waals surface area contributed by atoms with Crippen molar-refractivity contribution >= 4 is 25.6 Å². The van der Waals surface area contributed by atoms with Crippen molar-refractivity contribution in [3.8, 4) is 0 Å². The number of halogens is 2. The minimum Gasteiger partial charge on any atom is -0.352 e. The predicted octanol–water partition coefficient (Wildman–Crippen LogP) is 2.92. The van der Waals surface area contributed by atoms with E-state index in [1.54, 1.807) is 0 Å². The molecule has 2 unspecified atom stereocenters. The maximum Gasteiger partial charge on any atom is 0.264 e. The van der Waals surface area contributed by atoms with Crippen LogP contribution >= 0.6 is 10.7 Å². The molecule has 1 aliphatic carbocycles. The summed E-state index contributed by atoms with van der Waals surface area (Å²) in [7, 11) is 0.929. The Morgan fingerprint density at radius 2 is 2.14 bits per heavy atom. The van der Waals surface area contributed by atoms with Gasteiger partial charge in [0.05, 0.1) is 0 Å². The van der Waals surface area contributed by atoms with Crippen LogP contribution in [0.3, 0.4) is 0 Å². The molecule has 1 aromatic carbocycles. The second-order valence-electron chi connectivity index (χ2n) is 5.46. The number of rotatable bonds is 4. The Labute approximate surface area is 128 Å². The van der Waals surface area contributed by atoms with Crippen LogP contribution in [0, 0.1) is 17.7 Å². The van der Waals surface area contributed by atoms with Crippen molar-refractivity contribution < 1.29 is 17.6 Å². The largest absolute Gasteiger partial charge is 0.352 e. The summed E-state index contributed by atoms with van der Waals surface area (Å²) in [5.74, 6) is -0.385. The first kappa shape index (κ1) is 16.2. The van der Waals surface area contributed by atoms with Gasteiger partial charge in [-0.25, -0.2) is 12.8 Å². The molecule has 4 nitrogen and oxygen atoms in total. The predicted molar refractivity (Wildman–Crippen MR) is 78.3 cm³/mol. The fourth-order valence-corrected chi connectivity index (χ4v) is 3.61. The Kier molecular flexibility index (Phi) is 4.88. The van der Waals surface area contributed by atoms with E-state index < -0.39 is 25.7 Å². The zero-order valence-corrected chi connectivity index (χ0v) is 13.2. The van der Waals surface area contributed by atoms with Crippen LogP contribution < -0.4 is 5.32 Å². The summed E-state index contributed by atoms with van der Waals surface area (Å²) in [6.45, 7) is 2.69. The molecule has 1 saturated carbocycles. The molecule has 1 fully saturated rings. The molecule has 0 saturated heterocycles. The summed E-state index contributed by atoms with van der Waals surface area (Å²) in [5, 5.41) is 2.77. The number of hydrogen-bond donors (Lipinski definition) is 1. The van der Waals surface area contributed by atoms with Gasteiger partial charge in [-0.1, -0.05) is 19.8 Å². The molecular weight excluding hydrogens is 317 g/mol. The van der Waals surface area contributed by atoms with Crippen molar-refractivity contribution in [2.24, 2.45) is 11.8 Å². The number of nitrogens with one attached hydrogen (secondary N) is 1. The summed E-state index contributed by atoms with van der Waals surface area (Å²) in [4.78, 5) is 11.4. The standard InChI is InChI=1S/C14H17ClFNO3S/c1-9-3-2-4-11(9)8-17-14(18)10-5-6-12(16)13(7-10)21(15,19)20/h5-7,9,11H,2-4,8H2,1H3,(H,17,18). The van der Waals surface area contributed by atoms with Gasteiger partial charge >= 0.3 is 0 Å². The number of amides is 1. The smallest absolute Gasteiger partial charge is 0.264 e. The zero-order valence-electron chi connectivity index (χ0n) is 11.6. The van der Waals surface area contributed by atoms with Crippen LogP contribution in [0.25, 0.3) is 0 Å². The van der Waals surface area contributed by atoms with E-state index in [1.165, 1.54) is 6.07 Å². The molecule has 1 aliphatic rings. The minimum atomic E-state index is -4.21. The summed E-state index contributed by atoms with van der Waals surface area (Å²) in [6.07, 6.45) is 3.39. The van der Waals surface area contributed by atoms with Gasteiger partial charge in [0.25, 0.3) is 15.0 Å². The summed E-state index contributed by atoms with van der Waals surface area (Å²) in [5.41, 5.74) is 0.0845. The highest BCUT2D eigenvalue weighted by molar-refractivity contribution is 8.13. The van der Waals surface area contributed by atoms with Crippen LogP contribution in [-0.2, 0) is 9.05 Å². The quantitative estimate of drug-likeness (QED) is 0.862. The third-order valence-electron chi connectivity index (χ3n) is 4.02. The van der Waals surface area contributed by atoms with Gasteiger partial charge in [-0.2, -0.15) is 0 Å². The van der Waals surface area contributed by atoms with Gasteiger partial charge in [-0.05, 0) is 36.5 Å². The van der Waals surface area contributed by atoms with Gasteiger partial charge in [0.15, 0.2) is 0 Å². The van der Waals surface area contributed by atoms with Crippen LogP contribution in [0.15, 0.2) is 23.1 Å². The molecule has 0 heterocycles. The highest BCUT2D eigenvalue weighted by Gasteiger charge is 2.24. The lowest BCUT2D eigenvalue weighted by Gasteiger charge is -2.16. The summed E-state index contributed by atoms with van der Waals surface area (Å²) in [6, 6.07) is 3.14. The Morgan fingerprint density at radius 3 is 2.71 bits per heavy atom. The molecular formula is C14H17ClFNO3S. The van der Waals surface area contributed by atoms with E-state index in [-0.39, 0.29) is 5.56 Å². The molecule has 0 radical (unpaired) electrons. The zero-order chi connectivity index (χ0) is 15.6. The van der Waals surface area contributed by atoms with E-state index in [4.69, 9.17) is 10.7 Å². The second-order valence-corrected chi connectivity index (χ2v) is 8.00. The van der Waals surface area contributed by atoms with Crippen LogP contribution in [0.1, 0.15) is 36.5 Å². The van der Waals surface area contributed by atoms with Crippen LogP contribution in [0.4, 0.5) is 4.39 Å². The van der Waals surface area contributed by atoms with Crippen LogP contribution in [0.5, 0.6) is 0 Å². The molecule has 0 spiro atoms. The van der Waals surface area contributed by atoms with Gasteiger partial charge in [-0.15, -0.1) is 0 Å². The van der Waals surface area contributed by atoms with Gasteiger partial charge in [0.2, 0.25) is 0 Å². The number of hydrogen-bond acceptors (Lipinski definition) is 3. The lowest BCUT2D eigenvalue weighted by molar-refractivity contribution is 0.0944. The highest BCUT2D eigenvalue weighted by atomic mass is 35.7. The van der Waals surface area contributed by atoms with Crippen LogP contribution in [0.2, 0.25) is 0 Å². The number of benzene rings is 1. The molecule has 7 heteroatoms. The number of carbonyl (C=O) groups excluding carboxylic acids is 1. The van der Waals surface area contributed by atoms with E-state index in [2.05, 4.69) is 12.2 Å². The molecule has 116 valence electrons. The first-order valence-corrected chi connectivity index (χ1v) is 9.12. The van der Waals surface area contributed by atoms with Crippen molar-refractivity contribution in [1.82, 2.24) is 5.32 Å². The van der Waals surface area contributed by atoms with Gasteiger partial charge in [0, 0.05) is 22.8 Å². The summed E-state index contributed by atoms with van der Waals surface area (Å²) >= 11 is 0. The average molecular weight is 334 g/mol. The van der Waals surface area contributed by atoms with Crippen LogP contribution in [-0.4, -0.2) is 20.9 Å². The van der Waals surface area contributed by atoms with Crippen molar-refractivity contribution in [2.75, 3.05) is 6.54 Å². The van der Waals surface area contributed by atoms with E-state index in [0.29, 0.717) is 18.4 Å². The van der Waals surface area contributed by atoms with Crippen molar-refractivity contribution in [3.63, 3.8) is 0 Å². The van der Waals surface area contributed by atoms with Gasteiger partial charge in [0.1, 0.15) is 10.7 Å². The Balaban J connectivity index is 2.09. The van der Waals surface area contributed by atoms with Crippen molar-refractivity contribution in [2.45, 2.75) is 31.1 Å². The Morgan fingerprint density at radius 1 is 1.43 bits per heavy atom. The molecule has 2 atom stereocenters. The van der Waals surface area contributed by atoms with Gasteiger partial charge < -0.3 is 5.32 Å². The van der Waals surface area contributed by atoms with Crippen molar-refractivity contribution in [3.05, 3.63) is 29.6 Å². The SMILES string of the molecule is CC1CCCC1CNC(=O)c1ccc(F)c(S(=O)(=O)Cl)c1. The molecule has 1 aromatic rings. The van der Waals surface area contributed by atoms with Gasteiger partial charge in [-0.3, -0.25) is 4.79 Å². The molecule has 0 aliphatic heterocycles. The first-order valence-electron chi connectivity index (χ1n) is 6.81. The number of carbonyl (C=O) groups is 1. The molecule has 0 aromatic heterocycles. The monoisotopic (exact) mass is 333 g/mol. The first-order chi connectivity index (χ1) is 9.79. The van der Waals surface area contributed by atoms with E-state index >= 15 is 0 Å². The topological polar surface area (TPSA) is 63.2 Å². The van der Waals surface area contributed by atoms with Crippen molar-refractivity contribution in [1.29, 1.82) is 0 Å². The molecule has 1 amide bonds. The van der Waals surface area contributed by atoms with E-state index in [0.717, 1.165) is 31.4 Å². The third kappa shape index (κ3) is 3.95. The normalized spacial score (nSPS) is 22.2. The highest BCUT2D eigenvalue weighted by Crippen LogP contribution is 2.30. The Hall–Kier alpha value is -1.14.